The first kappa shape index (κ1) is 21.6. The molecule has 0 spiro atoms. The Kier molecular flexibility index (Phi) is 7.27. The summed E-state index contributed by atoms with van der Waals surface area (Å²) in [5, 5.41) is 9.68. The number of amides is 2. The molecule has 7 heteroatoms. The number of hydrogen-bond donors (Lipinski definition) is 2. The summed E-state index contributed by atoms with van der Waals surface area (Å²) in [6.07, 6.45) is 8.33. The average Bonchev–Trinajstić information content (AvgIpc) is 2.94. The van der Waals surface area contributed by atoms with Crippen molar-refractivity contribution in [3.63, 3.8) is 0 Å². The third-order valence-corrected chi connectivity index (χ3v) is 5.49. The Bertz CT molecular complexity index is 906. The lowest BCUT2D eigenvalue weighted by molar-refractivity contribution is -0.121. The first-order chi connectivity index (χ1) is 14.4. The Morgan fingerprint density at radius 2 is 1.73 bits per heavy atom. The zero-order valence-corrected chi connectivity index (χ0v) is 18.1. The number of benzene rings is 1. The van der Waals surface area contributed by atoms with Crippen molar-refractivity contribution in [3.05, 3.63) is 47.3 Å². The van der Waals surface area contributed by atoms with Gasteiger partial charge in [0, 0.05) is 31.9 Å². The first-order valence-electron chi connectivity index (χ1n) is 10.5. The number of anilines is 2. The summed E-state index contributed by atoms with van der Waals surface area (Å²) >= 11 is 0. The number of hydrogen-bond acceptors (Lipinski definition) is 4. The summed E-state index contributed by atoms with van der Waals surface area (Å²) in [5.74, 6) is -0.584. The number of carbonyl (C=O) groups excluding carboxylic acids is 2. The van der Waals surface area contributed by atoms with Gasteiger partial charge in [-0.1, -0.05) is 25.0 Å². The quantitative estimate of drug-likeness (QED) is 0.718. The zero-order valence-electron chi connectivity index (χ0n) is 18.1. The van der Waals surface area contributed by atoms with Crippen LogP contribution in [0.1, 0.15) is 42.6 Å². The first-order valence-corrected chi connectivity index (χ1v) is 10.5. The second-order valence-electron chi connectivity index (χ2n) is 7.76. The highest BCUT2D eigenvalue weighted by Gasteiger charge is 2.13. The fourth-order valence-electron chi connectivity index (χ4n) is 3.66. The monoisotopic (exact) mass is 409 g/mol. The minimum atomic E-state index is -0.304. The Hall–Kier alpha value is -3.09. The van der Waals surface area contributed by atoms with E-state index in [4.69, 9.17) is 0 Å². The average molecular weight is 410 g/mol. The van der Waals surface area contributed by atoms with Crippen LogP contribution >= 0.6 is 0 Å². The van der Waals surface area contributed by atoms with Crippen LogP contribution in [0.25, 0.3) is 6.08 Å². The topological polar surface area (TPSA) is 79.3 Å². The molecule has 0 radical (unpaired) electrons. The Morgan fingerprint density at radius 1 is 1.07 bits per heavy atom. The Labute approximate surface area is 178 Å². The second kappa shape index (κ2) is 10.1. The zero-order chi connectivity index (χ0) is 21.5. The highest BCUT2D eigenvalue weighted by atomic mass is 16.2. The molecule has 2 aromatic rings. The standard InChI is InChI=1S/C23H31N5O2/c1-17-23(18(2)27(3)26-17)25-22(30)16-24-21(29)13-10-19-8-11-20(12-9-19)28-14-6-4-5-7-15-28/h8-13H,4-7,14-16H2,1-3H3,(H,24,29)(H,25,30)/b13-10+. The van der Waals surface area contributed by atoms with Gasteiger partial charge in [-0.3, -0.25) is 14.3 Å². The van der Waals surface area contributed by atoms with E-state index in [1.54, 1.807) is 10.8 Å². The van der Waals surface area contributed by atoms with Crippen LogP contribution in [0.4, 0.5) is 11.4 Å². The van der Waals surface area contributed by atoms with Gasteiger partial charge in [-0.25, -0.2) is 0 Å². The van der Waals surface area contributed by atoms with Gasteiger partial charge in [0.1, 0.15) is 0 Å². The lowest BCUT2D eigenvalue weighted by Gasteiger charge is -2.22. The summed E-state index contributed by atoms with van der Waals surface area (Å²) in [5.41, 5.74) is 4.50. The molecule has 1 fully saturated rings. The maximum absolute atomic E-state index is 12.1. The molecule has 160 valence electrons. The largest absolute Gasteiger partial charge is 0.372 e. The molecule has 30 heavy (non-hydrogen) atoms. The molecule has 1 aliphatic heterocycles. The van der Waals surface area contributed by atoms with Gasteiger partial charge in [-0.15, -0.1) is 0 Å². The molecule has 2 N–H and O–H groups in total. The van der Waals surface area contributed by atoms with Crippen molar-refractivity contribution in [2.45, 2.75) is 39.5 Å². The fourth-order valence-corrected chi connectivity index (χ4v) is 3.66. The van der Waals surface area contributed by atoms with Crippen LogP contribution in [0.5, 0.6) is 0 Å². The normalized spacial score (nSPS) is 14.6. The van der Waals surface area contributed by atoms with Crippen molar-refractivity contribution >= 4 is 29.3 Å². The van der Waals surface area contributed by atoms with Crippen LogP contribution < -0.4 is 15.5 Å². The van der Waals surface area contributed by atoms with Gasteiger partial charge in [0.2, 0.25) is 11.8 Å². The molecule has 0 bridgehead atoms. The van der Waals surface area contributed by atoms with Crippen LogP contribution in [0.3, 0.4) is 0 Å². The Balaban J connectivity index is 1.47. The molecule has 0 unspecified atom stereocenters. The van der Waals surface area contributed by atoms with Crippen LogP contribution in [0.2, 0.25) is 0 Å². The molecule has 0 atom stereocenters. The van der Waals surface area contributed by atoms with Crippen molar-refractivity contribution in [2.24, 2.45) is 7.05 Å². The number of aryl methyl sites for hydroxylation is 2. The lowest BCUT2D eigenvalue weighted by Crippen LogP contribution is -2.31. The fraction of sp³-hybridized carbons (Fsp3) is 0.435. The summed E-state index contributed by atoms with van der Waals surface area (Å²) in [7, 11) is 1.82. The van der Waals surface area contributed by atoms with Crippen LogP contribution in [0.15, 0.2) is 30.3 Å². The third kappa shape index (κ3) is 5.72. The van der Waals surface area contributed by atoms with Gasteiger partial charge < -0.3 is 15.5 Å². The number of carbonyl (C=O) groups is 2. The maximum Gasteiger partial charge on any atom is 0.244 e. The molecule has 1 aromatic heterocycles. The molecular formula is C23H31N5O2. The summed E-state index contributed by atoms with van der Waals surface area (Å²) in [6, 6.07) is 8.25. The van der Waals surface area contributed by atoms with Gasteiger partial charge in [0.05, 0.1) is 23.6 Å². The third-order valence-electron chi connectivity index (χ3n) is 5.49. The number of aromatic nitrogens is 2. The SMILES string of the molecule is Cc1nn(C)c(C)c1NC(=O)CNC(=O)/C=C/c1ccc(N2CCCCCC2)cc1. The molecule has 2 amide bonds. The molecule has 1 aromatic carbocycles. The van der Waals surface area contributed by atoms with Crippen molar-refractivity contribution in [2.75, 3.05) is 29.9 Å². The minimum Gasteiger partial charge on any atom is -0.372 e. The van der Waals surface area contributed by atoms with Crippen LogP contribution in [0, 0.1) is 13.8 Å². The summed E-state index contributed by atoms with van der Waals surface area (Å²) in [6.45, 7) is 5.84. The smallest absolute Gasteiger partial charge is 0.244 e. The highest BCUT2D eigenvalue weighted by Crippen LogP contribution is 2.20. The lowest BCUT2D eigenvalue weighted by atomic mass is 10.1. The van der Waals surface area contributed by atoms with E-state index in [9.17, 15) is 9.59 Å². The molecule has 0 saturated carbocycles. The van der Waals surface area contributed by atoms with Crippen LogP contribution in [-0.2, 0) is 16.6 Å². The summed E-state index contributed by atoms with van der Waals surface area (Å²) < 4.78 is 1.71. The predicted molar refractivity (Wildman–Crippen MR) is 120 cm³/mol. The molecule has 7 nitrogen and oxygen atoms in total. The van der Waals surface area contributed by atoms with Crippen LogP contribution in [-0.4, -0.2) is 41.2 Å². The van der Waals surface area contributed by atoms with Gasteiger partial charge in [0.25, 0.3) is 0 Å². The van der Waals surface area contributed by atoms with E-state index in [0.29, 0.717) is 5.69 Å². The van der Waals surface area contributed by atoms with Crippen molar-refractivity contribution in [3.8, 4) is 0 Å². The molecular weight excluding hydrogens is 378 g/mol. The van der Waals surface area contributed by atoms with Gasteiger partial charge in [0.15, 0.2) is 0 Å². The van der Waals surface area contributed by atoms with Crippen molar-refractivity contribution in [1.29, 1.82) is 0 Å². The van der Waals surface area contributed by atoms with E-state index in [1.807, 2.05) is 33.0 Å². The molecule has 3 rings (SSSR count). The van der Waals surface area contributed by atoms with E-state index in [-0.39, 0.29) is 18.4 Å². The Morgan fingerprint density at radius 3 is 2.33 bits per heavy atom. The van der Waals surface area contributed by atoms with E-state index in [2.05, 4.69) is 32.8 Å². The van der Waals surface area contributed by atoms with E-state index >= 15 is 0 Å². The molecule has 1 aliphatic rings. The van der Waals surface area contributed by atoms with E-state index in [0.717, 1.165) is 30.0 Å². The van der Waals surface area contributed by atoms with E-state index in [1.165, 1.54) is 37.4 Å². The number of rotatable bonds is 6. The second-order valence-corrected chi connectivity index (χ2v) is 7.76. The van der Waals surface area contributed by atoms with Crippen molar-refractivity contribution in [1.82, 2.24) is 15.1 Å². The molecule has 2 heterocycles. The minimum absolute atomic E-state index is 0.0924. The highest BCUT2D eigenvalue weighted by molar-refractivity contribution is 5.98. The van der Waals surface area contributed by atoms with Gasteiger partial charge in [-0.05, 0) is 50.5 Å². The molecule has 1 saturated heterocycles. The maximum atomic E-state index is 12.1. The van der Waals surface area contributed by atoms with Gasteiger partial charge >= 0.3 is 0 Å². The van der Waals surface area contributed by atoms with Crippen molar-refractivity contribution < 1.29 is 9.59 Å². The van der Waals surface area contributed by atoms with E-state index < -0.39 is 0 Å². The number of nitrogens with zero attached hydrogens (tertiary/aromatic N) is 3. The molecule has 0 aliphatic carbocycles. The summed E-state index contributed by atoms with van der Waals surface area (Å²) in [4.78, 5) is 26.6. The number of nitrogens with one attached hydrogen (secondary N) is 2. The predicted octanol–water partition coefficient (Wildman–Crippen LogP) is 3.19. The van der Waals surface area contributed by atoms with Gasteiger partial charge in [-0.2, -0.15) is 5.10 Å².